The van der Waals surface area contributed by atoms with Gasteiger partial charge in [-0.2, -0.15) is 0 Å². The second-order valence-electron chi connectivity index (χ2n) is 2.70. The van der Waals surface area contributed by atoms with E-state index in [9.17, 15) is 5.21 Å². The molecular formula is C6H12N2O. The van der Waals surface area contributed by atoms with E-state index in [-0.39, 0.29) is 10.9 Å². The maximum Gasteiger partial charge on any atom is 0.193 e. The highest BCUT2D eigenvalue weighted by molar-refractivity contribution is 4.98. The summed E-state index contributed by atoms with van der Waals surface area (Å²) >= 11 is 0. The van der Waals surface area contributed by atoms with Gasteiger partial charge in [-0.1, -0.05) is 0 Å². The first-order valence-corrected chi connectivity index (χ1v) is 2.82. The predicted molar refractivity (Wildman–Crippen MR) is 35.3 cm³/mol. The molecule has 52 valence electrons. The number of hydrogen-bond donors (Lipinski definition) is 2. The molecule has 1 atom stereocenters. The van der Waals surface area contributed by atoms with E-state index in [1.165, 1.54) is 6.08 Å². The van der Waals surface area contributed by atoms with Gasteiger partial charge in [0.25, 0.3) is 0 Å². The van der Waals surface area contributed by atoms with E-state index in [1.54, 1.807) is 13.8 Å². The third-order valence-electron chi connectivity index (χ3n) is 1.42. The standard InChI is InChI=1S/C6H12N2O/c1-6(2)4-3-5(7)8(6)9/h3,8H,4,7H2,1-2H3/i4D2. The minimum Gasteiger partial charge on any atom is -0.627 e. The van der Waals surface area contributed by atoms with E-state index in [4.69, 9.17) is 8.48 Å². The normalized spacial score (nSPS) is 41.2. The van der Waals surface area contributed by atoms with Crippen molar-refractivity contribution in [2.75, 3.05) is 0 Å². The highest BCUT2D eigenvalue weighted by atomic mass is 16.5. The SMILES string of the molecule is [2H]C1([2H])C=C(N)[NH+]([O-])C1(C)C. The van der Waals surface area contributed by atoms with Crippen LogP contribution in [0.5, 0.6) is 0 Å². The molecule has 0 fully saturated rings. The van der Waals surface area contributed by atoms with Gasteiger partial charge in [0.1, 0.15) is 5.54 Å². The van der Waals surface area contributed by atoms with Crippen LogP contribution in [0.1, 0.15) is 23.0 Å². The van der Waals surface area contributed by atoms with Crippen molar-refractivity contribution in [2.45, 2.75) is 25.8 Å². The first-order valence-electron chi connectivity index (χ1n) is 3.82. The Morgan fingerprint density at radius 1 is 2.00 bits per heavy atom. The predicted octanol–water partition coefficient (Wildman–Crippen LogP) is -0.648. The molecule has 0 amide bonds. The molecule has 0 aromatic heterocycles. The van der Waals surface area contributed by atoms with Crippen LogP contribution < -0.4 is 10.8 Å². The molecule has 0 spiro atoms. The Bertz CT molecular complexity index is 213. The molecule has 1 aliphatic heterocycles. The van der Waals surface area contributed by atoms with Crippen LogP contribution >= 0.6 is 0 Å². The van der Waals surface area contributed by atoms with E-state index in [0.717, 1.165) is 0 Å². The summed E-state index contributed by atoms with van der Waals surface area (Å²) in [6.45, 7) is 3.12. The Kier molecular flexibility index (Phi) is 0.822. The third kappa shape index (κ3) is 0.930. The molecule has 1 rings (SSSR count). The summed E-state index contributed by atoms with van der Waals surface area (Å²) in [5.41, 5.74) is 4.30. The van der Waals surface area contributed by atoms with Crippen molar-refractivity contribution < 1.29 is 7.80 Å². The summed E-state index contributed by atoms with van der Waals surface area (Å²) in [5.74, 6) is 0.0417. The lowest BCUT2D eigenvalue weighted by molar-refractivity contribution is -0.855. The van der Waals surface area contributed by atoms with Crippen molar-refractivity contribution in [1.29, 1.82) is 0 Å². The highest BCUT2D eigenvalue weighted by Gasteiger charge is 2.31. The summed E-state index contributed by atoms with van der Waals surface area (Å²) in [7, 11) is 0. The van der Waals surface area contributed by atoms with E-state index in [2.05, 4.69) is 0 Å². The smallest absolute Gasteiger partial charge is 0.193 e. The van der Waals surface area contributed by atoms with Gasteiger partial charge in [-0.3, -0.25) is 0 Å². The molecule has 0 radical (unpaired) electrons. The minimum atomic E-state index is -1.60. The number of quaternary nitrogens is 1. The lowest BCUT2D eigenvalue weighted by Crippen LogP contribution is -3.12. The highest BCUT2D eigenvalue weighted by Crippen LogP contribution is 2.10. The van der Waals surface area contributed by atoms with Crippen LogP contribution in [0.15, 0.2) is 11.9 Å². The lowest BCUT2D eigenvalue weighted by atomic mass is 10.0. The molecule has 1 unspecified atom stereocenters. The van der Waals surface area contributed by atoms with Gasteiger partial charge in [-0.05, 0) is 13.8 Å². The van der Waals surface area contributed by atoms with Crippen molar-refractivity contribution in [3.63, 3.8) is 0 Å². The zero-order valence-electron chi connectivity index (χ0n) is 7.56. The average Bonchev–Trinajstić information content (AvgIpc) is 1.93. The van der Waals surface area contributed by atoms with Gasteiger partial charge in [0.05, 0.1) is 0 Å². The van der Waals surface area contributed by atoms with Crippen molar-refractivity contribution >= 4 is 0 Å². The molecule has 1 heterocycles. The summed E-state index contributed by atoms with van der Waals surface area (Å²) in [5, 5.41) is 10.9. The van der Waals surface area contributed by atoms with Crippen LogP contribution in [0.3, 0.4) is 0 Å². The molecule has 0 aromatic rings. The number of hydroxylamine groups is 2. The molecule has 0 aliphatic carbocycles. The van der Waals surface area contributed by atoms with Gasteiger partial charge in [-0.15, -0.1) is 0 Å². The molecule has 9 heavy (non-hydrogen) atoms. The monoisotopic (exact) mass is 130 g/mol. The molecule has 0 saturated heterocycles. The fourth-order valence-corrected chi connectivity index (χ4v) is 0.750. The topological polar surface area (TPSA) is 53.5 Å². The molecule has 3 N–H and O–H groups in total. The van der Waals surface area contributed by atoms with Gasteiger partial charge in [0, 0.05) is 15.2 Å². The maximum absolute atomic E-state index is 11.2. The van der Waals surface area contributed by atoms with Crippen LogP contribution in [-0.4, -0.2) is 5.54 Å². The zero-order chi connectivity index (χ0) is 8.86. The number of hydrogen-bond acceptors (Lipinski definition) is 2. The Morgan fingerprint density at radius 2 is 2.56 bits per heavy atom. The second-order valence-corrected chi connectivity index (χ2v) is 2.70. The Morgan fingerprint density at radius 3 is 2.67 bits per heavy atom. The molecule has 1 aliphatic rings. The number of nitrogens with two attached hydrogens (primary N) is 1. The fraction of sp³-hybridized carbons (Fsp3) is 0.667. The second kappa shape index (κ2) is 1.72. The third-order valence-corrected chi connectivity index (χ3v) is 1.42. The van der Waals surface area contributed by atoms with E-state index < -0.39 is 11.9 Å². The van der Waals surface area contributed by atoms with Gasteiger partial charge >= 0.3 is 0 Å². The van der Waals surface area contributed by atoms with E-state index in [1.807, 2.05) is 0 Å². The largest absolute Gasteiger partial charge is 0.627 e. The summed E-state index contributed by atoms with van der Waals surface area (Å²) < 4.78 is 14.9. The minimum absolute atomic E-state index is 0.0417. The zero-order valence-corrected chi connectivity index (χ0v) is 5.56. The molecule has 0 aromatic carbocycles. The molecule has 3 heteroatoms. The van der Waals surface area contributed by atoms with E-state index in [0.29, 0.717) is 0 Å². The average molecular weight is 130 g/mol. The van der Waals surface area contributed by atoms with Crippen LogP contribution in [0, 0.1) is 5.21 Å². The van der Waals surface area contributed by atoms with Crippen molar-refractivity contribution in [2.24, 2.45) is 5.73 Å². The fourth-order valence-electron chi connectivity index (χ4n) is 0.750. The lowest BCUT2D eigenvalue weighted by Gasteiger charge is -2.31. The summed E-state index contributed by atoms with van der Waals surface area (Å²) in [6, 6.07) is 0. The van der Waals surface area contributed by atoms with Gasteiger partial charge in [0.15, 0.2) is 5.82 Å². The molecule has 0 bridgehead atoms. The Balaban J connectivity index is 3.05. The first-order chi connectivity index (χ1) is 4.79. The van der Waals surface area contributed by atoms with Crippen molar-refractivity contribution in [3.05, 3.63) is 17.1 Å². The maximum atomic E-state index is 11.2. The summed E-state index contributed by atoms with van der Waals surface area (Å²) in [6.07, 6.45) is -0.413. The summed E-state index contributed by atoms with van der Waals surface area (Å²) in [4.78, 5) is 0. The van der Waals surface area contributed by atoms with Crippen LogP contribution in [0.25, 0.3) is 0 Å². The van der Waals surface area contributed by atoms with Crippen LogP contribution in [0.4, 0.5) is 0 Å². The molecule has 0 saturated carbocycles. The van der Waals surface area contributed by atoms with Crippen LogP contribution in [-0.2, 0) is 0 Å². The van der Waals surface area contributed by atoms with Crippen LogP contribution in [0.2, 0.25) is 0 Å². The number of nitrogens with one attached hydrogen (secondary N) is 1. The van der Waals surface area contributed by atoms with Gasteiger partial charge < -0.3 is 16.0 Å². The number of rotatable bonds is 0. The van der Waals surface area contributed by atoms with Crippen molar-refractivity contribution in [1.82, 2.24) is 0 Å². The molecule has 3 nitrogen and oxygen atoms in total. The Labute approximate surface area is 57.5 Å². The first kappa shape index (κ1) is 4.30. The van der Waals surface area contributed by atoms with Crippen molar-refractivity contribution in [3.8, 4) is 0 Å². The Hall–Kier alpha value is -0.540. The quantitative estimate of drug-likeness (QED) is 0.428. The van der Waals surface area contributed by atoms with E-state index >= 15 is 0 Å². The van der Waals surface area contributed by atoms with Gasteiger partial charge in [-0.25, -0.2) is 0 Å². The van der Waals surface area contributed by atoms with Gasteiger partial charge in [0.2, 0.25) is 0 Å². The molecular weight excluding hydrogens is 116 g/mol.